The number of benzene rings is 3. The molecule has 0 amide bonds. The number of methoxy groups -OCH3 is 3. The third kappa shape index (κ3) is 9.72. The Morgan fingerprint density at radius 2 is 1.49 bits per heavy atom. The fraction of sp³-hybridized carbons (Fsp3) is 0.439. The largest absolute Gasteiger partial charge is 0.497 e. The van der Waals surface area contributed by atoms with Crippen molar-refractivity contribution in [2.45, 2.75) is 83.3 Å². The molecule has 5 rings (SSSR count). The van der Waals surface area contributed by atoms with Crippen LogP contribution in [0.15, 0.2) is 94.6 Å². The van der Waals surface area contributed by atoms with E-state index in [0.717, 1.165) is 16.7 Å². The lowest BCUT2D eigenvalue weighted by Crippen LogP contribution is -2.39. The van der Waals surface area contributed by atoms with E-state index >= 15 is 0 Å². The van der Waals surface area contributed by atoms with Gasteiger partial charge in [0.2, 0.25) is 0 Å². The van der Waals surface area contributed by atoms with Crippen LogP contribution >= 0.6 is 8.53 Å². The SMILES string of the molecule is COCc1cn([C@H]2C[C@H](OP(OCCC#N)N(C(C)C)C(C)C)[C@@H](COC(c3ccccc3)(c3ccc(OC)cc3)c3ccc(OC)cc3)O2)c(=O)[nH]c1=O. The van der Waals surface area contributed by atoms with Gasteiger partial charge in [-0.05, 0) is 68.7 Å². The van der Waals surface area contributed by atoms with Crippen molar-refractivity contribution in [2.75, 3.05) is 34.5 Å². The van der Waals surface area contributed by atoms with Crippen molar-refractivity contribution in [1.29, 1.82) is 5.26 Å². The van der Waals surface area contributed by atoms with Crippen molar-refractivity contribution in [2.24, 2.45) is 0 Å². The van der Waals surface area contributed by atoms with Crippen molar-refractivity contribution in [1.82, 2.24) is 14.2 Å². The molecule has 4 aromatic rings. The second kappa shape index (κ2) is 19.5. The maximum absolute atomic E-state index is 13.3. The number of ether oxygens (including phenoxy) is 5. The summed E-state index contributed by atoms with van der Waals surface area (Å²) in [5.74, 6) is 1.39. The van der Waals surface area contributed by atoms with E-state index in [4.69, 9.17) is 32.7 Å². The second-order valence-electron chi connectivity index (χ2n) is 13.6. The highest BCUT2D eigenvalue weighted by molar-refractivity contribution is 7.44. The molecule has 0 radical (unpaired) electrons. The zero-order valence-electron chi connectivity index (χ0n) is 32.5. The number of rotatable bonds is 19. The Hall–Kier alpha value is -4.38. The number of hydrogen-bond acceptors (Lipinski definition) is 11. The van der Waals surface area contributed by atoms with Crippen molar-refractivity contribution >= 4 is 8.53 Å². The molecule has 0 bridgehead atoms. The standard InChI is InChI=1S/C41H51N4O9P/c1-28(2)45(29(3)4)55(52-23-11-22-42)54-36-24-38(44-25-30(26-48-5)39(46)43-40(44)47)53-37(36)27-51-41(31-12-9-8-10-13-31,32-14-18-34(49-6)19-15-32)33-16-20-35(50-7)21-17-33/h8-10,12-21,25,28-29,36-38H,11,23-24,26-27H2,1-7H3,(H,43,46,47)/t36-,37+,38+,55?/m0/s1. The molecule has 55 heavy (non-hydrogen) atoms. The molecule has 0 spiro atoms. The van der Waals surface area contributed by atoms with Crippen LogP contribution in [0.3, 0.4) is 0 Å². The van der Waals surface area contributed by atoms with Gasteiger partial charge in [-0.25, -0.2) is 9.46 Å². The van der Waals surface area contributed by atoms with Crippen LogP contribution in [0.1, 0.15) is 69.0 Å². The van der Waals surface area contributed by atoms with Gasteiger partial charge in [-0.2, -0.15) is 5.26 Å². The van der Waals surface area contributed by atoms with Gasteiger partial charge in [0.1, 0.15) is 29.4 Å². The molecule has 4 atom stereocenters. The van der Waals surface area contributed by atoms with E-state index in [-0.39, 0.29) is 50.3 Å². The van der Waals surface area contributed by atoms with Gasteiger partial charge in [0, 0.05) is 31.8 Å². The monoisotopic (exact) mass is 774 g/mol. The number of aromatic nitrogens is 2. The van der Waals surface area contributed by atoms with Gasteiger partial charge in [-0.1, -0.05) is 54.6 Å². The van der Waals surface area contributed by atoms with Crippen LogP contribution < -0.4 is 20.7 Å². The highest BCUT2D eigenvalue weighted by Gasteiger charge is 2.45. The van der Waals surface area contributed by atoms with Crippen molar-refractivity contribution in [3.8, 4) is 17.6 Å². The van der Waals surface area contributed by atoms with Crippen molar-refractivity contribution in [3.63, 3.8) is 0 Å². The lowest BCUT2D eigenvalue weighted by atomic mass is 9.80. The topological polar surface area (TPSA) is 146 Å². The maximum atomic E-state index is 13.3. The van der Waals surface area contributed by atoms with Gasteiger partial charge in [-0.3, -0.25) is 14.3 Å². The highest BCUT2D eigenvalue weighted by Crippen LogP contribution is 2.50. The number of hydrogen-bond donors (Lipinski definition) is 1. The molecular weight excluding hydrogens is 723 g/mol. The van der Waals surface area contributed by atoms with Crippen LogP contribution in [0.5, 0.6) is 11.5 Å². The lowest BCUT2D eigenvalue weighted by Gasteiger charge is -2.39. The van der Waals surface area contributed by atoms with E-state index in [9.17, 15) is 14.9 Å². The van der Waals surface area contributed by atoms with Crippen LogP contribution in [0.25, 0.3) is 0 Å². The minimum absolute atomic E-state index is 0.00783. The van der Waals surface area contributed by atoms with Gasteiger partial charge in [0.15, 0.2) is 0 Å². The molecule has 1 aliphatic rings. The van der Waals surface area contributed by atoms with E-state index in [1.54, 1.807) is 14.2 Å². The molecule has 14 heteroatoms. The van der Waals surface area contributed by atoms with Crippen LogP contribution in [0.2, 0.25) is 0 Å². The molecule has 0 saturated carbocycles. The summed E-state index contributed by atoms with van der Waals surface area (Å²) >= 11 is 0. The molecule has 1 aromatic heterocycles. The number of H-pyrrole nitrogens is 1. The predicted molar refractivity (Wildman–Crippen MR) is 209 cm³/mol. The van der Waals surface area contributed by atoms with Crippen molar-refractivity contribution in [3.05, 3.63) is 128 Å². The van der Waals surface area contributed by atoms with Gasteiger partial charge < -0.3 is 32.7 Å². The number of nitrogens with zero attached hydrogens (tertiary/aromatic N) is 3. The third-order valence-corrected chi connectivity index (χ3v) is 11.5. The summed E-state index contributed by atoms with van der Waals surface area (Å²) in [6.45, 7) is 8.47. The summed E-state index contributed by atoms with van der Waals surface area (Å²) in [7, 11) is 3.03. The smallest absolute Gasteiger partial charge is 0.330 e. The van der Waals surface area contributed by atoms with E-state index < -0.39 is 43.8 Å². The molecule has 1 saturated heterocycles. The molecule has 1 aliphatic heterocycles. The molecule has 0 aliphatic carbocycles. The molecular formula is C41H51N4O9P. The Bertz CT molecular complexity index is 1910. The summed E-state index contributed by atoms with van der Waals surface area (Å²) in [5.41, 5.74) is 0.519. The first-order valence-electron chi connectivity index (χ1n) is 18.3. The molecule has 2 heterocycles. The average Bonchev–Trinajstić information content (AvgIpc) is 3.58. The Morgan fingerprint density at radius 3 is 2.02 bits per heavy atom. The first kappa shape index (κ1) is 41.8. The van der Waals surface area contributed by atoms with Crippen LogP contribution in [-0.2, 0) is 35.5 Å². The predicted octanol–water partition coefficient (Wildman–Crippen LogP) is 6.66. The molecule has 294 valence electrons. The molecule has 1 N–H and O–H groups in total. The van der Waals surface area contributed by atoms with Crippen LogP contribution in [-0.4, -0.2) is 73.1 Å². The summed E-state index contributed by atoms with van der Waals surface area (Å²) in [4.78, 5) is 28.3. The second-order valence-corrected chi connectivity index (χ2v) is 15.0. The highest BCUT2D eigenvalue weighted by atomic mass is 31.2. The van der Waals surface area contributed by atoms with E-state index in [1.807, 2.05) is 78.9 Å². The minimum atomic E-state index is -1.69. The minimum Gasteiger partial charge on any atom is -0.497 e. The van der Waals surface area contributed by atoms with E-state index in [0.29, 0.717) is 11.5 Å². The normalized spacial score (nSPS) is 17.8. The van der Waals surface area contributed by atoms with E-state index in [1.165, 1.54) is 17.9 Å². The quantitative estimate of drug-likeness (QED) is 0.0620. The Labute approximate surface area is 323 Å². The number of nitrogens with one attached hydrogen (secondary N) is 1. The van der Waals surface area contributed by atoms with Crippen LogP contribution in [0.4, 0.5) is 0 Å². The first-order chi connectivity index (χ1) is 26.6. The fourth-order valence-electron chi connectivity index (χ4n) is 6.82. The molecule has 3 aromatic carbocycles. The summed E-state index contributed by atoms with van der Waals surface area (Å²) < 4.78 is 46.9. The Morgan fingerprint density at radius 1 is 0.909 bits per heavy atom. The van der Waals surface area contributed by atoms with Gasteiger partial charge in [-0.15, -0.1) is 0 Å². The van der Waals surface area contributed by atoms with Gasteiger partial charge in [0.05, 0.1) is 58.2 Å². The fourth-order valence-corrected chi connectivity index (χ4v) is 8.58. The summed E-state index contributed by atoms with van der Waals surface area (Å²) in [6, 6.07) is 27.7. The number of aromatic amines is 1. The average molecular weight is 775 g/mol. The Balaban J connectivity index is 1.61. The zero-order valence-corrected chi connectivity index (χ0v) is 33.4. The maximum Gasteiger partial charge on any atom is 0.330 e. The molecule has 1 unspecified atom stereocenters. The van der Waals surface area contributed by atoms with E-state index in [2.05, 4.69) is 43.4 Å². The van der Waals surface area contributed by atoms with Gasteiger partial charge >= 0.3 is 5.69 Å². The summed E-state index contributed by atoms with van der Waals surface area (Å²) in [6.07, 6.45) is -0.280. The molecule has 13 nitrogen and oxygen atoms in total. The lowest BCUT2D eigenvalue weighted by molar-refractivity contribution is -0.0926. The number of nitriles is 1. The third-order valence-electron chi connectivity index (χ3n) is 9.36. The first-order valence-corrected chi connectivity index (χ1v) is 19.4. The zero-order chi connectivity index (χ0) is 39.5. The Kier molecular flexibility index (Phi) is 14.8. The van der Waals surface area contributed by atoms with Crippen LogP contribution in [0, 0.1) is 11.3 Å². The molecule has 1 fully saturated rings. The van der Waals surface area contributed by atoms with Gasteiger partial charge in [0.25, 0.3) is 14.1 Å². The van der Waals surface area contributed by atoms with Crippen molar-refractivity contribution < 1.29 is 32.7 Å². The summed E-state index contributed by atoms with van der Waals surface area (Å²) in [5, 5.41) is 9.32.